The van der Waals surface area contributed by atoms with Crippen LogP contribution in [0, 0.1) is 0 Å². The van der Waals surface area contributed by atoms with Gasteiger partial charge in [-0.2, -0.15) is 0 Å². The van der Waals surface area contributed by atoms with Gasteiger partial charge in [0.1, 0.15) is 5.69 Å². The molecule has 1 saturated heterocycles. The van der Waals surface area contributed by atoms with E-state index in [2.05, 4.69) is 22.2 Å². The van der Waals surface area contributed by atoms with E-state index in [-0.39, 0.29) is 17.4 Å². The maximum absolute atomic E-state index is 11.5. The van der Waals surface area contributed by atoms with Crippen molar-refractivity contribution in [2.24, 2.45) is 0 Å². The fraction of sp³-hybridized carbons (Fsp3) is 0.706. The summed E-state index contributed by atoms with van der Waals surface area (Å²) >= 11 is 6.32. The van der Waals surface area contributed by atoms with E-state index in [1.165, 1.54) is 0 Å². The number of hydrogen-bond donors (Lipinski definition) is 1. The van der Waals surface area contributed by atoms with Gasteiger partial charge < -0.3 is 14.8 Å². The van der Waals surface area contributed by atoms with Crippen LogP contribution in [0.15, 0.2) is 12.2 Å². The number of ether oxygens (including phenoxy) is 2. The van der Waals surface area contributed by atoms with E-state index in [4.69, 9.17) is 21.1 Å². The van der Waals surface area contributed by atoms with Crippen molar-refractivity contribution >= 4 is 27.3 Å². The molecule has 0 saturated carbocycles. The highest BCUT2D eigenvalue weighted by Crippen LogP contribution is 2.16. The monoisotopic (exact) mass is 449 g/mol. The van der Waals surface area contributed by atoms with Gasteiger partial charge in [0.05, 0.1) is 44.5 Å². The number of nitrogens with zero attached hydrogens (tertiary/aromatic N) is 4. The molecule has 1 aromatic rings. The lowest BCUT2D eigenvalue weighted by atomic mass is 10.3. The van der Waals surface area contributed by atoms with Crippen molar-refractivity contribution in [1.82, 2.24) is 25.2 Å². The van der Waals surface area contributed by atoms with E-state index >= 15 is 0 Å². The fourth-order valence-electron chi connectivity index (χ4n) is 2.56. The minimum absolute atomic E-state index is 0.162. The standard InChI is InChI=1S/C17H28ClN5O5S/c1-14(2)17(24)19-3-7-27-9-10-28-8-4-23-16(18)15(20-21-23)13-22-5-11-29(25,26)12-6-22/h1,3-13H2,2H3,(H,19,24). The van der Waals surface area contributed by atoms with Crippen molar-refractivity contribution < 1.29 is 22.7 Å². The van der Waals surface area contributed by atoms with E-state index in [0.29, 0.717) is 75.6 Å². The SMILES string of the molecule is C=C(C)C(=O)NCCOCCOCCn1nnc(CN2CCS(=O)(=O)CC2)c1Cl. The van der Waals surface area contributed by atoms with Gasteiger partial charge in [0.25, 0.3) is 0 Å². The third-order valence-corrected chi connectivity index (χ3v) is 6.31. The van der Waals surface area contributed by atoms with Crippen molar-refractivity contribution in [2.45, 2.75) is 20.0 Å². The first kappa shape index (κ1) is 23.7. The smallest absolute Gasteiger partial charge is 0.246 e. The molecule has 1 N–H and O–H groups in total. The molecule has 10 nitrogen and oxygen atoms in total. The Hall–Kier alpha value is -1.53. The Morgan fingerprint density at radius 1 is 1.21 bits per heavy atom. The highest BCUT2D eigenvalue weighted by atomic mass is 35.5. The number of sulfone groups is 1. The summed E-state index contributed by atoms with van der Waals surface area (Å²) < 4.78 is 35.4. The Labute approximate surface area is 176 Å². The van der Waals surface area contributed by atoms with Gasteiger partial charge in [-0.1, -0.05) is 23.4 Å². The van der Waals surface area contributed by atoms with Crippen LogP contribution in [0.2, 0.25) is 5.15 Å². The summed E-state index contributed by atoms with van der Waals surface area (Å²) in [5.41, 5.74) is 1.10. The second kappa shape index (κ2) is 11.6. The third kappa shape index (κ3) is 8.39. The lowest BCUT2D eigenvalue weighted by molar-refractivity contribution is -0.117. The van der Waals surface area contributed by atoms with Crippen molar-refractivity contribution in [3.8, 4) is 0 Å². The molecule has 0 bridgehead atoms. The Kier molecular flexibility index (Phi) is 9.50. The zero-order chi connectivity index (χ0) is 21.3. The largest absolute Gasteiger partial charge is 0.377 e. The lowest BCUT2D eigenvalue weighted by Gasteiger charge is -2.25. The van der Waals surface area contributed by atoms with Crippen LogP contribution in [0.25, 0.3) is 0 Å². The summed E-state index contributed by atoms with van der Waals surface area (Å²) in [5.74, 6) is 0.142. The van der Waals surface area contributed by atoms with Crippen LogP contribution in [0.1, 0.15) is 12.6 Å². The molecule has 0 radical (unpaired) electrons. The molecule has 29 heavy (non-hydrogen) atoms. The molecule has 1 fully saturated rings. The van der Waals surface area contributed by atoms with Gasteiger partial charge in [0.2, 0.25) is 5.91 Å². The molecule has 0 unspecified atom stereocenters. The van der Waals surface area contributed by atoms with Gasteiger partial charge in [-0.05, 0) is 6.92 Å². The molecular formula is C17H28ClN5O5S. The summed E-state index contributed by atoms with van der Waals surface area (Å²) in [5, 5.41) is 11.2. The number of aromatic nitrogens is 3. The molecule has 0 spiro atoms. The predicted octanol–water partition coefficient (Wildman–Crippen LogP) is -0.113. The molecule has 0 aliphatic carbocycles. The van der Waals surface area contributed by atoms with Crippen LogP contribution in [0.5, 0.6) is 0 Å². The van der Waals surface area contributed by atoms with Crippen LogP contribution in [-0.2, 0) is 37.2 Å². The van der Waals surface area contributed by atoms with Crippen LogP contribution in [0.3, 0.4) is 0 Å². The fourth-order valence-corrected chi connectivity index (χ4v) is 4.05. The van der Waals surface area contributed by atoms with E-state index in [1.807, 2.05) is 4.90 Å². The first-order valence-corrected chi connectivity index (χ1v) is 11.6. The molecule has 0 atom stereocenters. The molecule has 164 valence electrons. The quantitative estimate of drug-likeness (QED) is 0.347. The zero-order valence-electron chi connectivity index (χ0n) is 16.6. The average molecular weight is 450 g/mol. The zero-order valence-corrected chi connectivity index (χ0v) is 18.2. The maximum Gasteiger partial charge on any atom is 0.246 e. The van der Waals surface area contributed by atoms with Crippen molar-refractivity contribution in [1.29, 1.82) is 0 Å². The second-order valence-electron chi connectivity index (χ2n) is 6.74. The molecule has 12 heteroatoms. The number of halogens is 1. The van der Waals surface area contributed by atoms with Crippen molar-refractivity contribution in [3.63, 3.8) is 0 Å². The average Bonchev–Trinajstić information content (AvgIpc) is 3.01. The van der Waals surface area contributed by atoms with Gasteiger partial charge in [-0.25, -0.2) is 13.1 Å². The second-order valence-corrected chi connectivity index (χ2v) is 9.40. The number of rotatable bonds is 12. The Morgan fingerprint density at radius 3 is 2.52 bits per heavy atom. The Morgan fingerprint density at radius 2 is 1.86 bits per heavy atom. The van der Waals surface area contributed by atoms with Crippen LogP contribution in [-0.4, -0.2) is 91.8 Å². The molecular weight excluding hydrogens is 422 g/mol. The van der Waals surface area contributed by atoms with E-state index in [1.54, 1.807) is 11.6 Å². The molecule has 2 rings (SSSR count). The summed E-state index contributed by atoms with van der Waals surface area (Å²) in [6, 6.07) is 0. The Bertz CT molecular complexity index is 784. The van der Waals surface area contributed by atoms with Crippen molar-refractivity contribution in [3.05, 3.63) is 23.0 Å². The first-order chi connectivity index (χ1) is 13.8. The normalized spacial score (nSPS) is 16.6. The van der Waals surface area contributed by atoms with Gasteiger partial charge in [-0.15, -0.1) is 5.10 Å². The lowest BCUT2D eigenvalue weighted by Crippen LogP contribution is -2.39. The van der Waals surface area contributed by atoms with Gasteiger partial charge in [0.15, 0.2) is 15.0 Å². The maximum atomic E-state index is 11.5. The summed E-state index contributed by atoms with van der Waals surface area (Å²) in [7, 11) is -2.91. The third-order valence-electron chi connectivity index (χ3n) is 4.29. The molecule has 1 amide bonds. The van der Waals surface area contributed by atoms with E-state index < -0.39 is 9.84 Å². The van der Waals surface area contributed by atoms with E-state index in [0.717, 1.165) is 0 Å². The van der Waals surface area contributed by atoms with Gasteiger partial charge >= 0.3 is 0 Å². The summed E-state index contributed by atoms with van der Waals surface area (Å²) in [6.07, 6.45) is 0. The summed E-state index contributed by atoms with van der Waals surface area (Å²) in [6.45, 7) is 9.14. The van der Waals surface area contributed by atoms with Crippen molar-refractivity contribution in [2.75, 3.05) is 57.6 Å². The molecule has 1 aromatic heterocycles. The number of nitrogens with one attached hydrogen (secondary N) is 1. The first-order valence-electron chi connectivity index (χ1n) is 9.38. The molecule has 2 heterocycles. The van der Waals surface area contributed by atoms with E-state index in [9.17, 15) is 13.2 Å². The number of carbonyl (C=O) groups is 1. The molecule has 0 aromatic carbocycles. The topological polar surface area (TPSA) is 116 Å². The van der Waals surface area contributed by atoms with Gasteiger partial charge in [0, 0.05) is 31.8 Å². The molecule has 1 aliphatic rings. The highest BCUT2D eigenvalue weighted by molar-refractivity contribution is 7.91. The van der Waals surface area contributed by atoms with Crippen LogP contribution in [0.4, 0.5) is 0 Å². The minimum Gasteiger partial charge on any atom is -0.377 e. The minimum atomic E-state index is -2.91. The number of hydrogen-bond acceptors (Lipinski definition) is 8. The molecule has 1 aliphatic heterocycles. The Balaban J connectivity index is 1.57. The number of amides is 1. The van der Waals surface area contributed by atoms with Crippen LogP contribution >= 0.6 is 11.6 Å². The van der Waals surface area contributed by atoms with Crippen LogP contribution < -0.4 is 5.32 Å². The predicted molar refractivity (Wildman–Crippen MR) is 108 cm³/mol. The van der Waals surface area contributed by atoms with Gasteiger partial charge in [-0.3, -0.25) is 9.69 Å². The number of carbonyl (C=O) groups excluding carboxylic acids is 1. The highest BCUT2D eigenvalue weighted by Gasteiger charge is 2.23. The summed E-state index contributed by atoms with van der Waals surface area (Å²) in [4.78, 5) is 13.3.